The lowest BCUT2D eigenvalue weighted by Crippen LogP contribution is -2.24. The van der Waals surface area contributed by atoms with Crippen LogP contribution >= 0.6 is 0 Å². The maximum atomic E-state index is 12.2. The van der Waals surface area contributed by atoms with Gasteiger partial charge in [0.2, 0.25) is 0 Å². The molecule has 6 nitrogen and oxygen atoms in total. The van der Waals surface area contributed by atoms with Crippen LogP contribution in [0.2, 0.25) is 0 Å². The highest BCUT2D eigenvalue weighted by molar-refractivity contribution is 5.88. The third-order valence-corrected chi connectivity index (χ3v) is 6.28. The second-order valence-electron chi connectivity index (χ2n) is 9.35. The molecule has 0 aliphatic rings. The first-order valence-corrected chi connectivity index (χ1v) is 13.0. The van der Waals surface area contributed by atoms with E-state index in [2.05, 4.69) is 56.5 Å². The number of unbranched alkanes of at least 4 members (excludes halogenated alkanes) is 2. The van der Waals surface area contributed by atoms with Crippen LogP contribution in [0.5, 0.6) is 0 Å². The molecule has 0 aromatic heterocycles. The fourth-order valence-electron chi connectivity index (χ4n) is 3.85. The van der Waals surface area contributed by atoms with Crippen molar-refractivity contribution in [2.75, 3.05) is 33.5 Å². The monoisotopic (exact) mass is 510 g/mol. The van der Waals surface area contributed by atoms with Crippen molar-refractivity contribution in [3.8, 4) is 0 Å². The van der Waals surface area contributed by atoms with Crippen molar-refractivity contribution in [3.05, 3.63) is 95.1 Å². The van der Waals surface area contributed by atoms with Gasteiger partial charge in [0.1, 0.15) is 6.61 Å². The van der Waals surface area contributed by atoms with Crippen LogP contribution in [0.15, 0.2) is 72.8 Å². The molecule has 0 aliphatic carbocycles. The van der Waals surface area contributed by atoms with Gasteiger partial charge in [0.15, 0.2) is 6.29 Å². The van der Waals surface area contributed by atoms with Crippen molar-refractivity contribution in [2.24, 2.45) is 0 Å². The molecule has 2 aromatic carbocycles. The van der Waals surface area contributed by atoms with E-state index >= 15 is 0 Å². The molecule has 0 heterocycles. The fraction of sp³-hybridized carbons (Fsp3) is 0.452. The Hall–Kier alpha value is -2.77. The van der Waals surface area contributed by atoms with Gasteiger partial charge in [-0.3, -0.25) is 0 Å². The number of aliphatic hydroxyl groups is 2. The van der Waals surface area contributed by atoms with Gasteiger partial charge in [0.25, 0.3) is 0 Å². The van der Waals surface area contributed by atoms with Gasteiger partial charge in [0, 0.05) is 18.6 Å². The van der Waals surface area contributed by atoms with Crippen LogP contribution in [0.3, 0.4) is 0 Å². The Bertz CT molecular complexity index is 964. The van der Waals surface area contributed by atoms with E-state index in [-0.39, 0.29) is 43.5 Å². The van der Waals surface area contributed by atoms with E-state index in [9.17, 15) is 9.90 Å². The molecule has 0 saturated carbocycles. The largest absolute Gasteiger partial charge is 0.462 e. The maximum Gasteiger partial charge on any atom is 0.335 e. The second kappa shape index (κ2) is 16.9. The first-order valence-electron chi connectivity index (χ1n) is 13.0. The van der Waals surface area contributed by atoms with E-state index in [4.69, 9.17) is 19.3 Å². The summed E-state index contributed by atoms with van der Waals surface area (Å²) in [6, 6.07) is 17.0. The molecule has 2 aromatic rings. The Balaban J connectivity index is 1.98. The van der Waals surface area contributed by atoms with Gasteiger partial charge in [-0.05, 0) is 47.9 Å². The number of aryl methyl sites for hydroxylation is 3. The molecule has 2 rings (SSSR count). The Morgan fingerprint density at radius 1 is 0.892 bits per heavy atom. The Labute approximate surface area is 221 Å². The number of carbonyl (C=O) groups excluding carboxylic acids is 1. The highest BCUT2D eigenvalue weighted by atomic mass is 16.6. The van der Waals surface area contributed by atoms with Crippen molar-refractivity contribution in [3.63, 3.8) is 0 Å². The summed E-state index contributed by atoms with van der Waals surface area (Å²) < 4.78 is 15.8. The van der Waals surface area contributed by atoms with E-state index in [0.29, 0.717) is 0 Å². The molecule has 2 N–H and O–H groups in total. The zero-order valence-electron chi connectivity index (χ0n) is 22.3. The molecule has 37 heavy (non-hydrogen) atoms. The average Bonchev–Trinajstić information content (AvgIpc) is 2.92. The van der Waals surface area contributed by atoms with Crippen molar-refractivity contribution < 1.29 is 29.2 Å². The molecule has 0 fully saturated rings. The number of hydrogen-bond donors (Lipinski definition) is 2. The van der Waals surface area contributed by atoms with Crippen LogP contribution < -0.4 is 0 Å². The van der Waals surface area contributed by atoms with Crippen LogP contribution in [-0.4, -0.2) is 56.0 Å². The molecule has 2 unspecified atom stereocenters. The number of methoxy groups -OCH3 is 1. The third-order valence-electron chi connectivity index (χ3n) is 6.28. The average molecular weight is 511 g/mol. The van der Waals surface area contributed by atoms with Crippen molar-refractivity contribution in [1.29, 1.82) is 0 Å². The quantitative estimate of drug-likeness (QED) is 0.0974. The zero-order chi connectivity index (χ0) is 27.0. The van der Waals surface area contributed by atoms with Gasteiger partial charge in [-0.25, -0.2) is 4.79 Å². The van der Waals surface area contributed by atoms with E-state index in [1.165, 1.54) is 43.1 Å². The molecule has 0 amide bonds. The molecule has 202 valence electrons. The minimum atomic E-state index is -1.30. The standard InChI is InChI=1S/C31H42O6/c1-5-6-7-8-25-9-11-26(12-10-25)13-14-27-15-17-28(18-16-27)29(21-36-30(33)23(2)19-32)22-37-31(34)24(3)20-35-4/h9-12,15-18,29-30,32-33H,2-3,5-8,13-14,19-22H2,1,4H3. The van der Waals surface area contributed by atoms with E-state index in [0.717, 1.165) is 24.8 Å². The number of aliphatic hydroxyl groups excluding tert-OH is 2. The van der Waals surface area contributed by atoms with Gasteiger partial charge in [0.05, 0.1) is 25.4 Å². The van der Waals surface area contributed by atoms with Crippen LogP contribution in [0.25, 0.3) is 0 Å². The van der Waals surface area contributed by atoms with Gasteiger partial charge in [-0.15, -0.1) is 0 Å². The summed E-state index contributed by atoms with van der Waals surface area (Å²) in [7, 11) is 1.48. The summed E-state index contributed by atoms with van der Waals surface area (Å²) in [5.41, 5.74) is 5.21. The Morgan fingerprint density at radius 3 is 2.00 bits per heavy atom. The normalized spacial score (nSPS) is 12.6. The highest BCUT2D eigenvalue weighted by Gasteiger charge is 2.19. The van der Waals surface area contributed by atoms with Crippen LogP contribution in [0, 0.1) is 0 Å². The van der Waals surface area contributed by atoms with Crippen LogP contribution in [0.4, 0.5) is 0 Å². The topological polar surface area (TPSA) is 85.2 Å². The van der Waals surface area contributed by atoms with Crippen LogP contribution in [-0.2, 0) is 38.3 Å². The van der Waals surface area contributed by atoms with Crippen molar-refractivity contribution >= 4 is 5.97 Å². The summed E-state index contributed by atoms with van der Waals surface area (Å²) in [6.45, 7) is 9.31. The van der Waals surface area contributed by atoms with E-state index < -0.39 is 12.3 Å². The fourth-order valence-corrected chi connectivity index (χ4v) is 3.85. The highest BCUT2D eigenvalue weighted by Crippen LogP contribution is 2.21. The predicted octanol–water partition coefficient (Wildman–Crippen LogP) is 4.92. The van der Waals surface area contributed by atoms with E-state index in [1.807, 2.05) is 12.1 Å². The number of benzene rings is 2. The maximum absolute atomic E-state index is 12.2. The van der Waals surface area contributed by atoms with Gasteiger partial charge in [-0.1, -0.05) is 81.5 Å². The minimum Gasteiger partial charge on any atom is -0.462 e. The number of esters is 1. The summed E-state index contributed by atoms with van der Waals surface area (Å²) in [4.78, 5) is 12.2. The molecule has 0 bridgehead atoms. The predicted molar refractivity (Wildman–Crippen MR) is 146 cm³/mol. The zero-order valence-corrected chi connectivity index (χ0v) is 22.3. The first-order chi connectivity index (χ1) is 17.9. The summed E-state index contributed by atoms with van der Waals surface area (Å²) >= 11 is 0. The molecule has 2 atom stereocenters. The second-order valence-corrected chi connectivity index (χ2v) is 9.35. The molecule has 0 saturated heterocycles. The minimum absolute atomic E-state index is 0.0455. The Kier molecular flexibility index (Phi) is 13.9. The molecular weight excluding hydrogens is 468 g/mol. The Morgan fingerprint density at radius 2 is 1.46 bits per heavy atom. The smallest absolute Gasteiger partial charge is 0.335 e. The summed E-state index contributed by atoms with van der Waals surface area (Å²) in [6.07, 6.45) is 5.46. The van der Waals surface area contributed by atoms with Crippen LogP contribution in [0.1, 0.15) is 54.4 Å². The molecule has 0 spiro atoms. The lowest BCUT2D eigenvalue weighted by molar-refractivity contribution is -0.141. The van der Waals surface area contributed by atoms with Gasteiger partial charge < -0.3 is 24.4 Å². The lowest BCUT2D eigenvalue weighted by atomic mass is 9.97. The number of carbonyl (C=O) groups is 1. The molecule has 0 aliphatic heterocycles. The molecular formula is C31H42O6. The summed E-state index contributed by atoms with van der Waals surface area (Å²) in [5.74, 6) is -0.866. The number of ether oxygens (including phenoxy) is 3. The van der Waals surface area contributed by atoms with Crippen molar-refractivity contribution in [2.45, 2.75) is 57.7 Å². The SMILES string of the molecule is C=C(COC)C(=O)OCC(COC(O)C(=C)CO)c1ccc(CCc2ccc(CCCCC)cc2)cc1. The summed E-state index contributed by atoms with van der Waals surface area (Å²) in [5, 5.41) is 19.2. The van der Waals surface area contributed by atoms with Crippen molar-refractivity contribution in [1.82, 2.24) is 0 Å². The molecule has 0 radical (unpaired) electrons. The molecule has 6 heteroatoms. The first kappa shape index (κ1) is 30.5. The number of hydrogen-bond acceptors (Lipinski definition) is 6. The van der Waals surface area contributed by atoms with Gasteiger partial charge in [-0.2, -0.15) is 0 Å². The third kappa shape index (κ3) is 11.0. The van der Waals surface area contributed by atoms with Gasteiger partial charge >= 0.3 is 5.97 Å². The number of rotatable bonds is 18. The lowest BCUT2D eigenvalue weighted by Gasteiger charge is -2.21. The van der Waals surface area contributed by atoms with E-state index in [1.54, 1.807) is 0 Å².